The molecule has 1 aliphatic rings. The molecule has 26 heavy (non-hydrogen) atoms. The molecule has 1 fully saturated rings. The fourth-order valence-electron chi connectivity index (χ4n) is 3.67. The molecule has 1 aromatic rings. The van der Waals surface area contributed by atoms with E-state index in [1.54, 1.807) is 19.1 Å². The van der Waals surface area contributed by atoms with E-state index in [1.807, 2.05) is 0 Å². The Kier molecular flexibility index (Phi) is 7.57. The second-order valence-corrected chi connectivity index (χ2v) is 7.12. The zero-order valence-electron chi connectivity index (χ0n) is 15.4. The highest BCUT2D eigenvalue weighted by Gasteiger charge is 2.33. The van der Waals surface area contributed by atoms with Gasteiger partial charge in [0.15, 0.2) is 0 Å². The predicted octanol–water partition coefficient (Wildman–Crippen LogP) is 3.24. The van der Waals surface area contributed by atoms with Gasteiger partial charge in [-0.1, -0.05) is 31.4 Å². The number of esters is 1. The summed E-state index contributed by atoms with van der Waals surface area (Å²) in [5.41, 5.74) is 6.50. The second-order valence-electron chi connectivity index (χ2n) is 7.12. The van der Waals surface area contributed by atoms with Crippen LogP contribution in [0.15, 0.2) is 24.3 Å². The molecule has 1 atom stereocenters. The number of hydrogen-bond donors (Lipinski definition) is 2. The van der Waals surface area contributed by atoms with E-state index >= 15 is 0 Å². The molecular formula is C20H29FN2O3. The minimum Gasteiger partial charge on any atom is -0.466 e. The fourth-order valence-corrected chi connectivity index (χ4v) is 3.67. The molecule has 1 aliphatic carbocycles. The molecular weight excluding hydrogens is 335 g/mol. The Hall–Kier alpha value is -1.95. The Bertz CT molecular complexity index is 598. The molecule has 5 nitrogen and oxygen atoms in total. The average Bonchev–Trinajstić information content (AvgIpc) is 2.62. The zero-order valence-corrected chi connectivity index (χ0v) is 15.4. The van der Waals surface area contributed by atoms with Gasteiger partial charge in [0, 0.05) is 6.42 Å². The third-order valence-corrected chi connectivity index (χ3v) is 5.17. The summed E-state index contributed by atoms with van der Waals surface area (Å²) in [5, 5.41) is 2.93. The first-order chi connectivity index (χ1) is 12.5. The molecule has 0 bridgehead atoms. The van der Waals surface area contributed by atoms with Gasteiger partial charge in [0.1, 0.15) is 5.82 Å². The Balaban J connectivity index is 2.07. The largest absolute Gasteiger partial charge is 0.466 e. The maximum atomic E-state index is 13.2. The quantitative estimate of drug-likeness (QED) is 0.694. The van der Waals surface area contributed by atoms with Crippen molar-refractivity contribution in [1.29, 1.82) is 0 Å². The highest BCUT2D eigenvalue weighted by atomic mass is 19.1. The van der Waals surface area contributed by atoms with Crippen molar-refractivity contribution < 1.29 is 18.7 Å². The van der Waals surface area contributed by atoms with Gasteiger partial charge in [-0.2, -0.15) is 0 Å². The monoisotopic (exact) mass is 364 g/mol. The van der Waals surface area contributed by atoms with E-state index in [1.165, 1.54) is 18.6 Å². The molecule has 0 radical (unpaired) electrons. The maximum Gasteiger partial charge on any atom is 0.308 e. The molecule has 3 N–H and O–H groups in total. The van der Waals surface area contributed by atoms with Crippen molar-refractivity contribution in [3.05, 3.63) is 35.6 Å². The van der Waals surface area contributed by atoms with Crippen LogP contribution >= 0.6 is 0 Å². The summed E-state index contributed by atoms with van der Waals surface area (Å²) < 4.78 is 18.2. The van der Waals surface area contributed by atoms with Crippen LogP contribution in [0, 0.1) is 11.2 Å². The van der Waals surface area contributed by atoms with Gasteiger partial charge in [-0.15, -0.1) is 0 Å². The van der Waals surface area contributed by atoms with E-state index in [4.69, 9.17) is 10.5 Å². The van der Waals surface area contributed by atoms with Crippen molar-refractivity contribution in [2.75, 3.05) is 13.2 Å². The lowest BCUT2D eigenvalue weighted by atomic mass is 9.71. The lowest BCUT2D eigenvalue weighted by Crippen LogP contribution is -2.40. The Morgan fingerprint density at radius 1 is 1.23 bits per heavy atom. The molecule has 0 spiro atoms. The molecule has 0 saturated heterocycles. The van der Waals surface area contributed by atoms with Gasteiger partial charge in [0.05, 0.1) is 19.1 Å². The Labute approximate surface area is 154 Å². The Morgan fingerprint density at radius 3 is 2.46 bits per heavy atom. The van der Waals surface area contributed by atoms with Crippen LogP contribution in [0.25, 0.3) is 0 Å². The number of benzene rings is 1. The van der Waals surface area contributed by atoms with Gasteiger partial charge >= 0.3 is 5.97 Å². The molecule has 1 saturated carbocycles. The highest BCUT2D eigenvalue weighted by molar-refractivity contribution is 5.78. The van der Waals surface area contributed by atoms with E-state index in [9.17, 15) is 14.0 Å². The van der Waals surface area contributed by atoms with E-state index in [-0.39, 0.29) is 30.2 Å². The number of hydrogen-bond acceptors (Lipinski definition) is 4. The molecule has 0 aromatic heterocycles. The smallest absolute Gasteiger partial charge is 0.308 e. The molecule has 144 valence electrons. The normalized spacial score (nSPS) is 17.3. The summed E-state index contributed by atoms with van der Waals surface area (Å²) in [6.45, 7) is 2.50. The van der Waals surface area contributed by atoms with Crippen LogP contribution < -0.4 is 11.1 Å². The third kappa shape index (κ3) is 5.80. The van der Waals surface area contributed by atoms with Crippen LogP contribution in [0.4, 0.5) is 4.39 Å². The lowest BCUT2D eigenvalue weighted by molar-refractivity contribution is -0.143. The number of nitrogens with two attached hydrogens (primary N) is 1. The lowest BCUT2D eigenvalue weighted by Gasteiger charge is -2.36. The molecule has 2 rings (SSSR count). The van der Waals surface area contributed by atoms with E-state index in [2.05, 4.69) is 5.32 Å². The first kappa shape index (κ1) is 20.4. The molecule has 1 amide bonds. The van der Waals surface area contributed by atoms with Gasteiger partial charge in [-0.05, 0) is 49.4 Å². The molecule has 1 unspecified atom stereocenters. The highest BCUT2D eigenvalue weighted by Crippen LogP contribution is 2.38. The molecule has 0 aliphatic heterocycles. The number of nitrogens with one attached hydrogen (secondary N) is 1. The third-order valence-electron chi connectivity index (χ3n) is 5.17. The van der Waals surface area contributed by atoms with Crippen molar-refractivity contribution >= 4 is 11.9 Å². The number of carbonyl (C=O) groups is 2. The average molecular weight is 364 g/mol. The summed E-state index contributed by atoms with van der Waals surface area (Å²) in [7, 11) is 0. The summed E-state index contributed by atoms with van der Waals surface area (Å²) in [6.07, 6.45) is 5.64. The number of halogens is 1. The standard InChI is InChI=1S/C20H29FN2O3/c1-2-26-19(25)12-17(15-6-8-16(21)9-7-15)23-18(24)13-20(14-22)10-4-3-5-11-20/h6-9,17H,2-5,10-14,22H2,1H3,(H,23,24). The van der Waals surface area contributed by atoms with Gasteiger partial charge in [-0.3, -0.25) is 9.59 Å². The molecule has 6 heteroatoms. The van der Waals surface area contributed by atoms with Crippen molar-refractivity contribution in [3.8, 4) is 0 Å². The van der Waals surface area contributed by atoms with Crippen LogP contribution in [0.2, 0.25) is 0 Å². The van der Waals surface area contributed by atoms with E-state index < -0.39 is 12.0 Å². The van der Waals surface area contributed by atoms with Crippen LogP contribution in [-0.2, 0) is 14.3 Å². The predicted molar refractivity (Wildman–Crippen MR) is 97.7 cm³/mol. The van der Waals surface area contributed by atoms with Crippen LogP contribution in [0.1, 0.15) is 63.5 Å². The van der Waals surface area contributed by atoms with E-state index in [0.29, 0.717) is 18.5 Å². The SMILES string of the molecule is CCOC(=O)CC(NC(=O)CC1(CN)CCCCC1)c1ccc(F)cc1. The topological polar surface area (TPSA) is 81.4 Å². The summed E-state index contributed by atoms with van der Waals surface area (Å²) in [6, 6.07) is 5.27. The number of amides is 1. The minimum atomic E-state index is -0.541. The first-order valence-corrected chi connectivity index (χ1v) is 9.38. The summed E-state index contributed by atoms with van der Waals surface area (Å²) in [5.74, 6) is -0.886. The van der Waals surface area contributed by atoms with Crippen LogP contribution in [-0.4, -0.2) is 25.0 Å². The summed E-state index contributed by atoms with van der Waals surface area (Å²) >= 11 is 0. The first-order valence-electron chi connectivity index (χ1n) is 9.38. The van der Waals surface area contributed by atoms with Crippen molar-refractivity contribution in [1.82, 2.24) is 5.32 Å². The van der Waals surface area contributed by atoms with Gasteiger partial charge in [0.25, 0.3) is 0 Å². The number of rotatable bonds is 8. The minimum absolute atomic E-state index is 0.0147. The maximum absolute atomic E-state index is 13.2. The van der Waals surface area contributed by atoms with Crippen molar-refractivity contribution in [2.24, 2.45) is 11.1 Å². The molecule has 1 aromatic carbocycles. The number of ether oxygens (including phenoxy) is 1. The number of carbonyl (C=O) groups excluding carboxylic acids is 2. The van der Waals surface area contributed by atoms with Gasteiger partial charge < -0.3 is 15.8 Å². The summed E-state index contributed by atoms with van der Waals surface area (Å²) in [4.78, 5) is 24.6. The van der Waals surface area contributed by atoms with Crippen LogP contribution in [0.3, 0.4) is 0 Å². The second kappa shape index (κ2) is 9.67. The van der Waals surface area contributed by atoms with Gasteiger partial charge in [-0.25, -0.2) is 4.39 Å². The fraction of sp³-hybridized carbons (Fsp3) is 0.600. The van der Waals surface area contributed by atoms with E-state index in [0.717, 1.165) is 25.7 Å². The van der Waals surface area contributed by atoms with Crippen molar-refractivity contribution in [2.45, 2.75) is 57.9 Å². The molecule has 0 heterocycles. The van der Waals surface area contributed by atoms with Crippen molar-refractivity contribution in [3.63, 3.8) is 0 Å². The Morgan fingerprint density at radius 2 is 1.88 bits per heavy atom. The zero-order chi connectivity index (χ0) is 19.0. The van der Waals surface area contributed by atoms with Gasteiger partial charge in [0.2, 0.25) is 5.91 Å². The van der Waals surface area contributed by atoms with Crippen LogP contribution in [0.5, 0.6) is 0 Å².